The second kappa shape index (κ2) is 19.6. The molecule has 15 aromatic rings. The number of benzene rings is 10. The smallest absolute Gasteiger partial charge is 0.0701 e. The molecule has 0 unspecified atom stereocenters. The van der Waals surface area contributed by atoms with Crippen LogP contribution in [0.15, 0.2) is 284 Å². The molecule has 10 aromatic carbocycles. The number of halogens is 1. The highest BCUT2D eigenvalue weighted by Crippen LogP contribution is 2.43. The van der Waals surface area contributed by atoms with Gasteiger partial charge in [-0.1, -0.05) is 162 Å². The predicted octanol–water partition coefficient (Wildman–Crippen LogP) is 18.8. The Hall–Kier alpha value is -9.62. The van der Waals surface area contributed by atoms with E-state index in [-0.39, 0.29) is 0 Å². The number of para-hydroxylation sites is 2. The Kier molecular flexibility index (Phi) is 11.7. The summed E-state index contributed by atoms with van der Waals surface area (Å²) in [6, 6.07) is 90.3. The fourth-order valence-corrected chi connectivity index (χ4v) is 11.6. The average Bonchev–Trinajstić information content (AvgIpc) is 4.30. The molecular weight excluding hydrogens is 1000 g/mol. The van der Waals surface area contributed by atoms with Gasteiger partial charge in [-0.25, -0.2) is 0 Å². The van der Waals surface area contributed by atoms with Crippen molar-refractivity contribution >= 4 is 81.1 Å². The molecule has 0 atom stereocenters. The van der Waals surface area contributed by atoms with Gasteiger partial charge >= 0.3 is 0 Å². The minimum Gasteiger partial charge on any atom is -0.317 e. The summed E-state index contributed by atoms with van der Waals surface area (Å²) in [5.41, 5.74) is 18.4. The van der Waals surface area contributed by atoms with Gasteiger partial charge in [-0.3, -0.25) is 9.97 Å². The Bertz CT molecular complexity index is 4620. The van der Waals surface area contributed by atoms with Gasteiger partial charge in [0.2, 0.25) is 0 Å². The van der Waals surface area contributed by atoms with Crippen molar-refractivity contribution in [3.05, 3.63) is 295 Å². The first kappa shape index (κ1) is 46.0. The number of nitrogens with zero attached hydrogens (tertiary/aromatic N) is 5. The van der Waals surface area contributed by atoms with Gasteiger partial charge in [-0.05, 0) is 154 Å². The standard InChI is InChI=1S/C35H23N3.C25H17N.C11H8BrN/c1-2-9-27(10-3-1)37-21-19-26-22-31-30-18-15-24-8-4-5-11-29(24)35(30)38(34(31)23-33(26)37)28-16-13-25(14-17-28)32-12-6-7-20-36-32;1-2-7-20(8-3-1)26-13-12-18-14-23-19(16-25(18)26)15-24-21-9-5-4-6-17(21)10-11-22(23)24;12-10-6-4-9(5-7-10)11-3-1-2-8-13-11/h1-23H;1-14,16H,15H2;1-8H. The molecule has 0 saturated carbocycles. The van der Waals surface area contributed by atoms with Crippen molar-refractivity contribution in [2.45, 2.75) is 6.42 Å². The van der Waals surface area contributed by atoms with Crippen LogP contribution < -0.4 is 0 Å². The minimum atomic E-state index is 0.981. The Morgan fingerprint density at radius 2 is 0.896 bits per heavy atom. The van der Waals surface area contributed by atoms with E-state index in [2.05, 4.69) is 252 Å². The largest absolute Gasteiger partial charge is 0.317 e. The van der Waals surface area contributed by atoms with Crippen molar-refractivity contribution in [3.63, 3.8) is 0 Å². The van der Waals surface area contributed by atoms with Crippen LogP contribution in [-0.4, -0.2) is 23.7 Å². The molecule has 0 aliphatic heterocycles. The van der Waals surface area contributed by atoms with E-state index < -0.39 is 0 Å². The summed E-state index contributed by atoms with van der Waals surface area (Å²) in [5.74, 6) is 0. The first-order chi connectivity index (χ1) is 38.1. The van der Waals surface area contributed by atoms with Gasteiger partial charge in [-0.15, -0.1) is 0 Å². The molecule has 0 fully saturated rings. The molecule has 0 radical (unpaired) electrons. The van der Waals surface area contributed by atoms with Crippen molar-refractivity contribution in [2.24, 2.45) is 0 Å². The number of aromatic nitrogens is 5. The molecule has 0 N–H and O–H groups in total. The van der Waals surface area contributed by atoms with E-state index in [1.165, 1.54) is 93.1 Å². The average molecular weight is 1050 g/mol. The maximum Gasteiger partial charge on any atom is 0.0701 e. The second-order valence-electron chi connectivity index (χ2n) is 19.5. The molecular formula is C71H48BrN5. The van der Waals surface area contributed by atoms with Gasteiger partial charge in [0.15, 0.2) is 0 Å². The molecule has 5 heterocycles. The molecule has 16 rings (SSSR count). The molecule has 0 bridgehead atoms. The van der Waals surface area contributed by atoms with Gasteiger partial charge in [0, 0.05) is 84.4 Å². The lowest BCUT2D eigenvalue weighted by atomic mass is 9.99. The second-order valence-corrected chi connectivity index (χ2v) is 20.4. The van der Waals surface area contributed by atoms with Crippen molar-refractivity contribution in [3.8, 4) is 50.7 Å². The Morgan fingerprint density at radius 1 is 0.351 bits per heavy atom. The Morgan fingerprint density at radius 3 is 1.53 bits per heavy atom. The molecule has 5 nitrogen and oxygen atoms in total. The van der Waals surface area contributed by atoms with E-state index in [0.29, 0.717) is 0 Å². The number of fused-ring (bicyclic) bond motifs is 12. The topological polar surface area (TPSA) is 40.6 Å². The van der Waals surface area contributed by atoms with Gasteiger partial charge in [-0.2, -0.15) is 0 Å². The first-order valence-electron chi connectivity index (χ1n) is 26.0. The van der Waals surface area contributed by atoms with Crippen LogP contribution in [0.1, 0.15) is 11.1 Å². The van der Waals surface area contributed by atoms with Crippen LogP contribution >= 0.6 is 15.9 Å². The fraction of sp³-hybridized carbons (Fsp3) is 0.0141. The van der Waals surface area contributed by atoms with E-state index in [9.17, 15) is 0 Å². The van der Waals surface area contributed by atoms with E-state index in [1.54, 1.807) is 6.20 Å². The van der Waals surface area contributed by atoms with E-state index >= 15 is 0 Å². The zero-order valence-corrected chi connectivity index (χ0v) is 43.5. The van der Waals surface area contributed by atoms with Crippen LogP contribution in [0.3, 0.4) is 0 Å². The normalized spacial score (nSPS) is 11.6. The Balaban J connectivity index is 0.000000119. The maximum atomic E-state index is 4.54. The number of hydrogen-bond donors (Lipinski definition) is 0. The molecule has 0 amide bonds. The molecule has 5 aromatic heterocycles. The Labute approximate surface area is 454 Å². The van der Waals surface area contributed by atoms with Crippen molar-refractivity contribution in [2.75, 3.05) is 0 Å². The molecule has 1 aliphatic carbocycles. The highest BCUT2D eigenvalue weighted by Gasteiger charge is 2.22. The summed E-state index contributed by atoms with van der Waals surface area (Å²) in [5, 5.41) is 10.3. The van der Waals surface area contributed by atoms with Crippen molar-refractivity contribution in [1.29, 1.82) is 0 Å². The van der Waals surface area contributed by atoms with Gasteiger partial charge in [0.05, 0.1) is 33.5 Å². The van der Waals surface area contributed by atoms with Crippen LogP contribution in [0.25, 0.3) is 116 Å². The highest BCUT2D eigenvalue weighted by atomic mass is 79.9. The molecule has 0 saturated heterocycles. The third kappa shape index (κ3) is 8.46. The van der Waals surface area contributed by atoms with E-state index in [0.717, 1.165) is 44.8 Å². The molecule has 364 valence electrons. The summed E-state index contributed by atoms with van der Waals surface area (Å²) < 4.78 is 8.08. The summed E-state index contributed by atoms with van der Waals surface area (Å²) in [7, 11) is 0. The van der Waals surface area contributed by atoms with E-state index in [4.69, 9.17) is 0 Å². The molecule has 6 heteroatoms. The number of pyridine rings is 2. The zero-order valence-electron chi connectivity index (χ0n) is 41.9. The lowest BCUT2D eigenvalue weighted by molar-refractivity contribution is 1.12. The van der Waals surface area contributed by atoms with Crippen molar-refractivity contribution < 1.29 is 0 Å². The summed E-state index contributed by atoms with van der Waals surface area (Å²) in [6.45, 7) is 0. The van der Waals surface area contributed by atoms with Gasteiger partial charge < -0.3 is 13.7 Å². The maximum absolute atomic E-state index is 4.54. The third-order valence-electron chi connectivity index (χ3n) is 15.0. The van der Waals surface area contributed by atoms with Crippen LogP contribution in [0.2, 0.25) is 0 Å². The van der Waals surface area contributed by atoms with Crippen molar-refractivity contribution in [1.82, 2.24) is 23.7 Å². The quantitative estimate of drug-likeness (QED) is 0.172. The summed E-state index contributed by atoms with van der Waals surface area (Å²) in [6.07, 6.45) is 9.01. The first-order valence-corrected chi connectivity index (χ1v) is 26.8. The van der Waals surface area contributed by atoms with E-state index in [1.807, 2.05) is 60.8 Å². The SMILES string of the molecule is Brc1ccc(-c2ccccn2)cc1.c1ccc(-n2ccc3cc4c(cc32)Cc2c-4ccc3ccccc23)cc1.c1ccc(-n2ccc3cc4c5ccc6ccccc6c5n(-c5ccc(-c6ccccn6)cc5)c4cc32)cc1. The van der Waals surface area contributed by atoms with Gasteiger partial charge in [0.25, 0.3) is 0 Å². The van der Waals surface area contributed by atoms with Crippen LogP contribution in [0, 0.1) is 0 Å². The lowest BCUT2D eigenvalue weighted by Gasteiger charge is -2.11. The minimum absolute atomic E-state index is 0.981. The highest BCUT2D eigenvalue weighted by molar-refractivity contribution is 9.10. The molecule has 77 heavy (non-hydrogen) atoms. The predicted molar refractivity (Wildman–Crippen MR) is 325 cm³/mol. The summed E-state index contributed by atoms with van der Waals surface area (Å²) in [4.78, 5) is 8.80. The summed E-state index contributed by atoms with van der Waals surface area (Å²) >= 11 is 3.40. The van der Waals surface area contributed by atoms with Gasteiger partial charge in [0.1, 0.15) is 0 Å². The third-order valence-corrected chi connectivity index (χ3v) is 15.6. The monoisotopic (exact) mass is 1050 g/mol. The zero-order chi connectivity index (χ0) is 51.2. The number of hydrogen-bond acceptors (Lipinski definition) is 2. The molecule has 1 aliphatic rings. The van der Waals surface area contributed by atoms with Crippen LogP contribution in [0.4, 0.5) is 0 Å². The fourth-order valence-electron chi connectivity index (χ4n) is 11.4. The van der Waals surface area contributed by atoms with Crippen LogP contribution in [-0.2, 0) is 6.42 Å². The molecule has 0 spiro atoms. The lowest BCUT2D eigenvalue weighted by Crippen LogP contribution is -1.96. The number of rotatable bonds is 5. The van der Waals surface area contributed by atoms with Crippen LogP contribution in [0.5, 0.6) is 0 Å².